The number of aromatic nitrogens is 2. The second-order valence-electron chi connectivity index (χ2n) is 7.86. The Bertz CT molecular complexity index is 696. The van der Waals surface area contributed by atoms with E-state index < -0.39 is 5.60 Å². The summed E-state index contributed by atoms with van der Waals surface area (Å²) in [5.74, 6) is 1.17. The Morgan fingerprint density at radius 2 is 2.00 bits per heavy atom. The third kappa shape index (κ3) is 3.81. The number of aryl methyl sites for hydroxylation is 2. The molecule has 0 atom stereocenters. The average molecular weight is 360 g/mol. The lowest BCUT2D eigenvalue weighted by molar-refractivity contribution is 0.00309. The molecule has 0 aromatic carbocycles. The van der Waals surface area contributed by atoms with Gasteiger partial charge in [0, 0.05) is 38.7 Å². The first kappa shape index (κ1) is 18.6. The first-order valence-electron chi connectivity index (χ1n) is 9.37. The molecule has 3 rings (SSSR count). The van der Waals surface area contributed by atoms with Gasteiger partial charge >= 0.3 is 6.09 Å². The summed E-state index contributed by atoms with van der Waals surface area (Å²) >= 11 is 0. The first-order valence-corrected chi connectivity index (χ1v) is 9.37. The molecule has 2 fully saturated rings. The van der Waals surface area contributed by atoms with Gasteiger partial charge in [-0.15, -0.1) is 0 Å². The Labute approximate surface area is 154 Å². The molecule has 7 heteroatoms. The van der Waals surface area contributed by atoms with Gasteiger partial charge in [-0.05, 0) is 26.2 Å². The summed E-state index contributed by atoms with van der Waals surface area (Å²) in [5, 5.41) is 0. The Hall–Kier alpha value is -2.18. The fourth-order valence-corrected chi connectivity index (χ4v) is 3.62. The van der Waals surface area contributed by atoms with Crippen molar-refractivity contribution in [2.45, 2.75) is 52.6 Å². The summed E-state index contributed by atoms with van der Waals surface area (Å²) in [7, 11) is 0. The van der Waals surface area contributed by atoms with E-state index in [-0.39, 0.29) is 12.0 Å². The number of rotatable bonds is 4. The molecular weight excluding hydrogens is 332 g/mol. The molecular formula is C19H28N4O3. The number of piperidine rings is 1. The van der Waals surface area contributed by atoms with Crippen molar-refractivity contribution in [3.05, 3.63) is 23.3 Å². The van der Waals surface area contributed by atoms with E-state index in [0.717, 1.165) is 13.0 Å². The molecule has 2 amide bonds. The van der Waals surface area contributed by atoms with E-state index in [2.05, 4.69) is 23.8 Å². The van der Waals surface area contributed by atoms with E-state index in [1.165, 1.54) is 0 Å². The van der Waals surface area contributed by atoms with Gasteiger partial charge in [-0.25, -0.2) is 14.8 Å². The number of carbonyl (C=O) groups is 2. The predicted molar refractivity (Wildman–Crippen MR) is 96.9 cm³/mol. The van der Waals surface area contributed by atoms with E-state index in [1.807, 2.05) is 23.6 Å². The van der Waals surface area contributed by atoms with Crippen LogP contribution in [0.2, 0.25) is 0 Å². The lowest BCUT2D eigenvalue weighted by Crippen LogP contribution is -2.49. The van der Waals surface area contributed by atoms with Crippen molar-refractivity contribution in [3.63, 3.8) is 0 Å². The topological polar surface area (TPSA) is 75.6 Å². The standard InChI is InChI=1S/C19H28N4O3/c1-13(2)5-8-23-12-19(26-18(23)25)6-9-22(10-7-19)17(24)16-11-20-15(4)21-14(16)3/h11,13H,5-10,12H2,1-4H3. The lowest BCUT2D eigenvalue weighted by Gasteiger charge is -2.37. The van der Waals surface area contributed by atoms with Crippen LogP contribution < -0.4 is 0 Å². The maximum absolute atomic E-state index is 12.8. The average Bonchev–Trinajstić information content (AvgIpc) is 2.88. The van der Waals surface area contributed by atoms with Gasteiger partial charge < -0.3 is 14.5 Å². The van der Waals surface area contributed by atoms with Crippen LogP contribution in [0.4, 0.5) is 4.79 Å². The third-order valence-corrected chi connectivity index (χ3v) is 5.31. The van der Waals surface area contributed by atoms with Gasteiger partial charge in [0.1, 0.15) is 11.4 Å². The molecule has 0 bridgehead atoms. The molecule has 26 heavy (non-hydrogen) atoms. The zero-order chi connectivity index (χ0) is 18.9. The van der Waals surface area contributed by atoms with Gasteiger partial charge in [0.15, 0.2) is 0 Å². The van der Waals surface area contributed by atoms with Crippen LogP contribution in [0.25, 0.3) is 0 Å². The summed E-state index contributed by atoms with van der Waals surface area (Å²) in [6.07, 6.45) is 3.71. The SMILES string of the molecule is Cc1ncc(C(=O)N2CCC3(CC2)CN(CCC(C)C)C(=O)O3)c(C)n1. The van der Waals surface area contributed by atoms with E-state index in [0.29, 0.717) is 55.5 Å². The van der Waals surface area contributed by atoms with Gasteiger partial charge in [-0.1, -0.05) is 13.8 Å². The third-order valence-electron chi connectivity index (χ3n) is 5.31. The van der Waals surface area contributed by atoms with Crippen molar-refractivity contribution >= 4 is 12.0 Å². The minimum atomic E-state index is -0.441. The van der Waals surface area contributed by atoms with Gasteiger partial charge in [-0.3, -0.25) is 4.79 Å². The normalized spacial score (nSPS) is 19.3. The smallest absolute Gasteiger partial charge is 0.410 e. The molecule has 3 heterocycles. The van der Waals surface area contributed by atoms with Gasteiger partial charge in [0.05, 0.1) is 17.8 Å². The molecule has 142 valence electrons. The molecule has 0 unspecified atom stereocenters. The van der Waals surface area contributed by atoms with E-state index in [1.54, 1.807) is 6.20 Å². The van der Waals surface area contributed by atoms with Gasteiger partial charge in [0.2, 0.25) is 0 Å². The van der Waals surface area contributed by atoms with Crippen LogP contribution in [0.1, 0.15) is 55.0 Å². The fraction of sp³-hybridized carbons (Fsp3) is 0.684. The van der Waals surface area contributed by atoms with E-state index >= 15 is 0 Å². The number of hydrogen-bond donors (Lipinski definition) is 0. The molecule has 0 aliphatic carbocycles. The largest absolute Gasteiger partial charge is 0.441 e. The Balaban J connectivity index is 1.60. The molecule has 1 aromatic heterocycles. The molecule has 2 aliphatic heterocycles. The first-order chi connectivity index (χ1) is 12.3. The Morgan fingerprint density at radius 1 is 1.31 bits per heavy atom. The van der Waals surface area contributed by atoms with Crippen LogP contribution in [0.15, 0.2) is 6.20 Å². The number of carbonyl (C=O) groups excluding carboxylic acids is 2. The zero-order valence-electron chi connectivity index (χ0n) is 16.1. The quantitative estimate of drug-likeness (QED) is 0.825. The number of ether oxygens (including phenoxy) is 1. The van der Waals surface area contributed by atoms with Crippen molar-refractivity contribution in [1.82, 2.24) is 19.8 Å². The molecule has 7 nitrogen and oxygen atoms in total. The predicted octanol–water partition coefficient (Wildman–Crippen LogP) is 2.57. The minimum Gasteiger partial charge on any atom is -0.441 e. The highest BCUT2D eigenvalue weighted by Gasteiger charge is 2.47. The van der Waals surface area contributed by atoms with Gasteiger partial charge in [0.25, 0.3) is 5.91 Å². The Morgan fingerprint density at radius 3 is 2.62 bits per heavy atom. The Kier molecular flexibility index (Phi) is 5.16. The van der Waals surface area contributed by atoms with Crippen LogP contribution >= 0.6 is 0 Å². The summed E-state index contributed by atoms with van der Waals surface area (Å²) < 4.78 is 5.73. The van der Waals surface area contributed by atoms with E-state index in [9.17, 15) is 9.59 Å². The van der Waals surface area contributed by atoms with Crippen LogP contribution in [0.3, 0.4) is 0 Å². The maximum atomic E-state index is 12.8. The van der Waals surface area contributed by atoms with Crippen molar-refractivity contribution in [3.8, 4) is 0 Å². The van der Waals surface area contributed by atoms with Gasteiger partial charge in [-0.2, -0.15) is 0 Å². The lowest BCUT2D eigenvalue weighted by atomic mass is 9.91. The zero-order valence-corrected chi connectivity index (χ0v) is 16.1. The number of amides is 2. The summed E-state index contributed by atoms with van der Waals surface area (Å²) in [6, 6.07) is 0. The van der Waals surface area contributed by atoms with Crippen molar-refractivity contribution in [2.75, 3.05) is 26.2 Å². The summed E-state index contributed by atoms with van der Waals surface area (Å²) in [6.45, 7) is 10.5. The van der Waals surface area contributed by atoms with Crippen LogP contribution in [-0.2, 0) is 4.74 Å². The molecule has 2 aliphatic rings. The highest BCUT2D eigenvalue weighted by atomic mass is 16.6. The molecule has 1 spiro atoms. The van der Waals surface area contributed by atoms with Crippen LogP contribution in [0, 0.1) is 19.8 Å². The second kappa shape index (κ2) is 7.21. The molecule has 0 radical (unpaired) electrons. The molecule has 2 saturated heterocycles. The summed E-state index contributed by atoms with van der Waals surface area (Å²) in [5.41, 5.74) is 0.812. The number of nitrogens with zero attached hydrogens (tertiary/aromatic N) is 4. The van der Waals surface area contributed by atoms with Crippen molar-refractivity contribution in [1.29, 1.82) is 0 Å². The summed E-state index contributed by atoms with van der Waals surface area (Å²) in [4.78, 5) is 37.0. The maximum Gasteiger partial charge on any atom is 0.410 e. The van der Waals surface area contributed by atoms with E-state index in [4.69, 9.17) is 4.74 Å². The highest BCUT2D eigenvalue weighted by Crippen LogP contribution is 2.34. The molecule has 0 N–H and O–H groups in total. The molecule has 1 aromatic rings. The fourth-order valence-electron chi connectivity index (χ4n) is 3.62. The number of likely N-dealkylation sites (tertiary alicyclic amines) is 1. The van der Waals surface area contributed by atoms with Crippen LogP contribution in [-0.4, -0.2) is 63.5 Å². The second-order valence-corrected chi connectivity index (χ2v) is 7.86. The van der Waals surface area contributed by atoms with Crippen molar-refractivity contribution < 1.29 is 14.3 Å². The number of hydrogen-bond acceptors (Lipinski definition) is 5. The van der Waals surface area contributed by atoms with Crippen LogP contribution in [0.5, 0.6) is 0 Å². The minimum absolute atomic E-state index is 0.0432. The van der Waals surface area contributed by atoms with Crippen molar-refractivity contribution in [2.24, 2.45) is 5.92 Å². The molecule has 0 saturated carbocycles. The monoisotopic (exact) mass is 360 g/mol. The highest BCUT2D eigenvalue weighted by molar-refractivity contribution is 5.95.